The van der Waals surface area contributed by atoms with Crippen LogP contribution >= 0.6 is 0 Å². The van der Waals surface area contributed by atoms with Crippen molar-refractivity contribution in [2.24, 2.45) is 5.92 Å². The van der Waals surface area contributed by atoms with Crippen LogP contribution in [0.3, 0.4) is 0 Å². The van der Waals surface area contributed by atoms with Crippen LogP contribution < -0.4 is 4.90 Å². The van der Waals surface area contributed by atoms with Crippen molar-refractivity contribution in [1.82, 2.24) is 19.8 Å². The molecule has 0 amide bonds. The van der Waals surface area contributed by atoms with Gasteiger partial charge in [-0.3, -0.25) is 9.80 Å². The van der Waals surface area contributed by atoms with Gasteiger partial charge < -0.3 is 4.90 Å². The van der Waals surface area contributed by atoms with Crippen molar-refractivity contribution in [2.75, 3.05) is 44.2 Å². The summed E-state index contributed by atoms with van der Waals surface area (Å²) in [5.74, 6) is 1.98. The highest BCUT2D eigenvalue weighted by Crippen LogP contribution is 2.27. The van der Waals surface area contributed by atoms with Gasteiger partial charge in [0.05, 0.1) is 5.69 Å². The zero-order chi connectivity index (χ0) is 19.2. The monoisotopic (exact) mass is 373 g/mol. The molecular formula is C22H39N5. The molecule has 0 aliphatic carbocycles. The van der Waals surface area contributed by atoms with Gasteiger partial charge in [0.15, 0.2) is 0 Å². The van der Waals surface area contributed by atoms with E-state index in [0.717, 1.165) is 57.6 Å². The number of hydrogen-bond donors (Lipinski definition) is 0. The summed E-state index contributed by atoms with van der Waals surface area (Å²) in [6.07, 6.45) is 8.03. The number of hydrogen-bond acceptors (Lipinski definition) is 5. The van der Waals surface area contributed by atoms with Crippen LogP contribution in [-0.4, -0.2) is 65.1 Å². The number of aromatic nitrogens is 2. The second kappa shape index (κ2) is 9.83. The van der Waals surface area contributed by atoms with E-state index in [2.05, 4.69) is 47.4 Å². The molecule has 0 saturated carbocycles. The molecule has 5 heteroatoms. The Labute approximate surface area is 166 Å². The van der Waals surface area contributed by atoms with Crippen LogP contribution in [0.15, 0.2) is 6.33 Å². The molecule has 3 rings (SSSR count). The molecule has 1 aromatic heterocycles. The smallest absolute Gasteiger partial charge is 0.135 e. The van der Waals surface area contributed by atoms with E-state index in [1.54, 1.807) is 6.33 Å². The van der Waals surface area contributed by atoms with Crippen molar-refractivity contribution in [3.8, 4) is 0 Å². The van der Waals surface area contributed by atoms with Gasteiger partial charge in [0.25, 0.3) is 0 Å². The summed E-state index contributed by atoms with van der Waals surface area (Å²) in [5.41, 5.74) is 2.67. The predicted octanol–water partition coefficient (Wildman–Crippen LogP) is 3.58. The Balaban J connectivity index is 1.62. The molecule has 0 spiro atoms. The summed E-state index contributed by atoms with van der Waals surface area (Å²) < 4.78 is 0. The van der Waals surface area contributed by atoms with Crippen molar-refractivity contribution >= 4 is 5.82 Å². The van der Waals surface area contributed by atoms with E-state index in [1.165, 1.54) is 49.3 Å². The number of fused-ring (bicyclic) bond motifs is 1. The van der Waals surface area contributed by atoms with E-state index in [1.807, 2.05) is 0 Å². The van der Waals surface area contributed by atoms with Crippen molar-refractivity contribution < 1.29 is 0 Å². The van der Waals surface area contributed by atoms with Crippen LogP contribution in [0.2, 0.25) is 0 Å². The van der Waals surface area contributed by atoms with Gasteiger partial charge in [-0.25, -0.2) is 9.97 Å². The topological polar surface area (TPSA) is 35.5 Å². The first-order valence-electron chi connectivity index (χ1n) is 11.2. The second-order valence-corrected chi connectivity index (χ2v) is 8.70. The Kier molecular flexibility index (Phi) is 7.48. The van der Waals surface area contributed by atoms with Crippen molar-refractivity contribution in [3.63, 3.8) is 0 Å². The van der Waals surface area contributed by atoms with Crippen LogP contribution in [0.1, 0.15) is 64.6 Å². The molecule has 0 radical (unpaired) electrons. The average molecular weight is 374 g/mol. The molecule has 1 saturated heterocycles. The second-order valence-electron chi connectivity index (χ2n) is 8.70. The Bertz CT molecular complexity index is 580. The van der Waals surface area contributed by atoms with Crippen LogP contribution in [-0.2, 0) is 13.0 Å². The molecule has 0 bridgehead atoms. The van der Waals surface area contributed by atoms with Crippen molar-refractivity contribution in [3.05, 3.63) is 17.6 Å². The molecule has 152 valence electrons. The first kappa shape index (κ1) is 20.5. The maximum Gasteiger partial charge on any atom is 0.135 e. The van der Waals surface area contributed by atoms with Gasteiger partial charge in [0, 0.05) is 50.9 Å². The average Bonchev–Trinajstić information content (AvgIpc) is 2.70. The van der Waals surface area contributed by atoms with Gasteiger partial charge in [-0.15, -0.1) is 0 Å². The fourth-order valence-electron chi connectivity index (χ4n) is 4.57. The molecular weight excluding hydrogens is 334 g/mol. The standard InChI is InChI=1S/C22H39N5/c1-5-7-19(6-2)26-12-14-27(15-13-26)22-20-9-11-25(10-8-18(3)4)16-21(20)23-17-24-22/h17-19H,5-16H2,1-4H3. The number of rotatable bonds is 8. The molecule has 1 atom stereocenters. The quantitative estimate of drug-likeness (QED) is 0.696. The zero-order valence-corrected chi connectivity index (χ0v) is 18.0. The summed E-state index contributed by atoms with van der Waals surface area (Å²) in [6, 6.07) is 0.756. The molecule has 1 unspecified atom stereocenters. The van der Waals surface area contributed by atoms with E-state index in [-0.39, 0.29) is 0 Å². The fraction of sp³-hybridized carbons (Fsp3) is 0.818. The van der Waals surface area contributed by atoms with E-state index in [9.17, 15) is 0 Å². The molecule has 3 heterocycles. The maximum absolute atomic E-state index is 4.72. The van der Waals surface area contributed by atoms with E-state index >= 15 is 0 Å². The third kappa shape index (κ3) is 5.20. The summed E-state index contributed by atoms with van der Waals surface area (Å²) >= 11 is 0. The van der Waals surface area contributed by atoms with Crippen LogP contribution in [0.4, 0.5) is 5.82 Å². The molecule has 2 aliphatic heterocycles. The Morgan fingerprint density at radius 2 is 1.78 bits per heavy atom. The minimum atomic E-state index is 0.756. The van der Waals surface area contributed by atoms with Gasteiger partial charge in [0.1, 0.15) is 12.1 Å². The lowest BCUT2D eigenvalue weighted by molar-refractivity contribution is 0.170. The molecule has 2 aliphatic rings. The van der Waals surface area contributed by atoms with Gasteiger partial charge >= 0.3 is 0 Å². The molecule has 0 aromatic carbocycles. The lowest BCUT2D eigenvalue weighted by Crippen LogP contribution is -2.51. The highest BCUT2D eigenvalue weighted by Gasteiger charge is 2.27. The van der Waals surface area contributed by atoms with E-state index in [4.69, 9.17) is 4.98 Å². The van der Waals surface area contributed by atoms with E-state index in [0.29, 0.717) is 0 Å². The van der Waals surface area contributed by atoms with Crippen molar-refractivity contribution in [2.45, 2.75) is 72.4 Å². The SMILES string of the molecule is CCCC(CC)N1CCN(c2ncnc3c2CCN(CCC(C)C)C3)CC1. The zero-order valence-electron chi connectivity index (χ0n) is 18.0. The largest absolute Gasteiger partial charge is 0.354 e. The van der Waals surface area contributed by atoms with E-state index < -0.39 is 0 Å². The summed E-state index contributed by atoms with van der Waals surface area (Å²) in [7, 11) is 0. The Morgan fingerprint density at radius 3 is 2.44 bits per heavy atom. The first-order chi connectivity index (χ1) is 13.1. The van der Waals surface area contributed by atoms with Crippen LogP contribution in [0.5, 0.6) is 0 Å². The highest BCUT2D eigenvalue weighted by atomic mass is 15.3. The normalized spacial score (nSPS) is 20.1. The maximum atomic E-state index is 4.72. The molecule has 1 aromatic rings. The minimum absolute atomic E-state index is 0.756. The Morgan fingerprint density at radius 1 is 1.00 bits per heavy atom. The van der Waals surface area contributed by atoms with Crippen LogP contribution in [0.25, 0.3) is 0 Å². The highest BCUT2D eigenvalue weighted by molar-refractivity contribution is 5.50. The third-order valence-electron chi connectivity index (χ3n) is 6.31. The summed E-state index contributed by atoms with van der Waals surface area (Å²) in [6.45, 7) is 17.1. The molecule has 1 fully saturated rings. The Hall–Kier alpha value is -1.20. The number of nitrogens with zero attached hydrogens (tertiary/aromatic N) is 5. The van der Waals surface area contributed by atoms with Gasteiger partial charge in [-0.1, -0.05) is 34.1 Å². The predicted molar refractivity (Wildman–Crippen MR) is 113 cm³/mol. The van der Waals surface area contributed by atoms with Crippen molar-refractivity contribution in [1.29, 1.82) is 0 Å². The van der Waals surface area contributed by atoms with Gasteiger partial charge in [-0.2, -0.15) is 0 Å². The third-order valence-corrected chi connectivity index (χ3v) is 6.31. The minimum Gasteiger partial charge on any atom is -0.354 e. The molecule has 27 heavy (non-hydrogen) atoms. The molecule has 5 nitrogen and oxygen atoms in total. The number of anilines is 1. The lowest BCUT2D eigenvalue weighted by Gasteiger charge is -2.40. The number of piperazine rings is 1. The van der Waals surface area contributed by atoms with Gasteiger partial charge in [0.2, 0.25) is 0 Å². The summed E-state index contributed by atoms with van der Waals surface area (Å²) in [5, 5.41) is 0. The molecule has 0 N–H and O–H groups in total. The fourth-order valence-corrected chi connectivity index (χ4v) is 4.57. The lowest BCUT2D eigenvalue weighted by atomic mass is 10.0. The van der Waals surface area contributed by atoms with Gasteiger partial charge in [-0.05, 0) is 38.1 Å². The first-order valence-corrected chi connectivity index (χ1v) is 11.2. The summed E-state index contributed by atoms with van der Waals surface area (Å²) in [4.78, 5) is 17.1. The van der Waals surface area contributed by atoms with Crippen LogP contribution in [0, 0.1) is 5.92 Å².